The van der Waals surface area contributed by atoms with Gasteiger partial charge in [0, 0.05) is 50.4 Å². The van der Waals surface area contributed by atoms with Crippen molar-refractivity contribution in [3.05, 3.63) is 70.8 Å². The van der Waals surface area contributed by atoms with Crippen molar-refractivity contribution in [1.82, 2.24) is 15.1 Å². The predicted molar refractivity (Wildman–Crippen MR) is 284 cm³/mol. The molecule has 3 aliphatic heterocycles. The van der Waals surface area contributed by atoms with Crippen LogP contribution in [0.4, 0.5) is 0 Å². The number of hydrogen-bond donors (Lipinski definition) is 1. The van der Waals surface area contributed by atoms with E-state index in [1.165, 1.54) is 0 Å². The van der Waals surface area contributed by atoms with Gasteiger partial charge in [-0.3, -0.25) is 9.59 Å². The highest BCUT2D eigenvalue weighted by atomic mass is 28.4. The largest absolute Gasteiger partial charge is 0.453 e. The summed E-state index contributed by atoms with van der Waals surface area (Å²) in [4.78, 5) is 58.6. The Kier molecular flexibility index (Phi) is 16.9. The molecule has 2 amide bonds. The van der Waals surface area contributed by atoms with Crippen molar-refractivity contribution in [2.45, 2.75) is 192 Å². The van der Waals surface area contributed by atoms with Crippen LogP contribution in [0.15, 0.2) is 48.5 Å². The molecule has 2 aromatic rings. The lowest BCUT2D eigenvalue weighted by molar-refractivity contribution is -0.0176. The van der Waals surface area contributed by atoms with Gasteiger partial charge in [0.05, 0.1) is 35.5 Å². The second-order valence-corrected chi connectivity index (χ2v) is 44.8. The molecule has 386 valence electrons. The van der Waals surface area contributed by atoms with Gasteiger partial charge in [0.1, 0.15) is 0 Å². The molecule has 6 atom stereocenters. The van der Waals surface area contributed by atoms with Crippen molar-refractivity contribution in [1.29, 1.82) is 0 Å². The quantitative estimate of drug-likeness (QED) is 0.143. The van der Waals surface area contributed by atoms with E-state index in [-0.39, 0.29) is 67.5 Å². The van der Waals surface area contributed by atoms with E-state index >= 15 is 0 Å². The predicted octanol–water partition coefficient (Wildman–Crippen LogP) is 10.5. The van der Waals surface area contributed by atoms with E-state index in [9.17, 15) is 19.2 Å². The Labute approximate surface area is 418 Å². The number of carbonyl (C=O) groups excluding carboxylic acids is 4. The van der Waals surface area contributed by atoms with Crippen LogP contribution in [0, 0.1) is 0 Å². The number of esters is 2. The first-order valence-corrected chi connectivity index (χ1v) is 36.6. The van der Waals surface area contributed by atoms with E-state index in [0.717, 1.165) is 0 Å². The number of likely N-dealkylation sites (tertiary alicyclic amines) is 2. The first-order valence-electron chi connectivity index (χ1n) is 25.0. The molecule has 3 saturated heterocycles. The molecule has 0 aliphatic carbocycles. The fourth-order valence-electron chi connectivity index (χ4n) is 7.63. The molecule has 0 aromatic heterocycles. The van der Waals surface area contributed by atoms with Crippen LogP contribution in [0.5, 0.6) is 0 Å². The zero-order chi connectivity index (χ0) is 52.1. The van der Waals surface area contributed by atoms with Crippen LogP contribution < -0.4 is 5.32 Å². The number of nitrogens with one attached hydrogen (secondary N) is 1. The fourth-order valence-corrected chi connectivity index (χ4v) is 13.0. The molecule has 0 radical (unpaired) electrons. The molecule has 17 heteroatoms. The molecule has 1 N–H and O–H groups in total. The van der Waals surface area contributed by atoms with Gasteiger partial charge in [-0.25, -0.2) is 9.59 Å². The van der Waals surface area contributed by atoms with Gasteiger partial charge in [-0.2, -0.15) is 0 Å². The minimum Gasteiger partial charge on any atom is -0.453 e. The van der Waals surface area contributed by atoms with E-state index in [1.54, 1.807) is 48.5 Å². The molecular weight excluding hydrogens is 939 g/mol. The minimum atomic E-state index is -2.18. The molecule has 2 aromatic carbocycles. The maximum atomic E-state index is 14.0. The van der Waals surface area contributed by atoms with Crippen LogP contribution in [0.1, 0.15) is 125 Å². The van der Waals surface area contributed by atoms with Gasteiger partial charge in [-0.05, 0) is 121 Å². The molecule has 0 spiro atoms. The standard InChI is InChI=1S/C52H87N3O10Si4/c1-49(2,3)66(13,14)62-41-31-54(32-42(41)63-67(15,16)50(4,5)6)45(56)35-21-25-37(26-22-35)47(58)60-39-29-53-30-40(39)61-48(59)38-27-23-36(24-28-38)46(57)55-33-43(64-68(17,18)51(7,8)9)44(34-55)65-69(19,20)52(10,11)12/h21-28,39-44,53H,29-34H2,1-20H3/t39-,40-,41-,42-,43-,44-/m0/s1. The first kappa shape index (κ1) is 56.9. The third-order valence-electron chi connectivity index (χ3n) is 16.4. The van der Waals surface area contributed by atoms with Gasteiger partial charge in [0.2, 0.25) is 0 Å². The molecule has 69 heavy (non-hydrogen) atoms. The van der Waals surface area contributed by atoms with E-state index in [0.29, 0.717) is 50.4 Å². The van der Waals surface area contributed by atoms with Gasteiger partial charge >= 0.3 is 11.9 Å². The van der Waals surface area contributed by atoms with E-state index < -0.39 is 57.4 Å². The maximum absolute atomic E-state index is 14.0. The lowest BCUT2D eigenvalue weighted by atomic mass is 10.1. The van der Waals surface area contributed by atoms with E-state index in [2.05, 4.69) is 141 Å². The van der Waals surface area contributed by atoms with Crippen molar-refractivity contribution in [2.24, 2.45) is 0 Å². The number of hydrogen-bond acceptors (Lipinski definition) is 11. The van der Waals surface area contributed by atoms with Gasteiger partial charge in [-0.15, -0.1) is 0 Å². The minimum absolute atomic E-state index is 0.00550. The van der Waals surface area contributed by atoms with Crippen LogP contribution >= 0.6 is 0 Å². The monoisotopic (exact) mass is 1030 g/mol. The second kappa shape index (κ2) is 20.5. The second-order valence-electron chi connectivity index (χ2n) is 25.8. The number of nitrogens with zero attached hydrogens (tertiary/aromatic N) is 2. The van der Waals surface area contributed by atoms with Crippen LogP contribution in [0.2, 0.25) is 72.5 Å². The molecule has 0 bridgehead atoms. The Balaban J connectivity index is 1.19. The van der Waals surface area contributed by atoms with Crippen molar-refractivity contribution < 1.29 is 46.4 Å². The molecular formula is C52H87N3O10Si4. The average Bonchev–Trinajstić information content (AvgIpc) is 3.93. The Morgan fingerprint density at radius 3 is 0.841 bits per heavy atom. The number of benzene rings is 2. The van der Waals surface area contributed by atoms with Crippen LogP contribution in [-0.4, -0.2) is 143 Å². The smallest absolute Gasteiger partial charge is 0.338 e. The van der Waals surface area contributed by atoms with Crippen molar-refractivity contribution in [3.63, 3.8) is 0 Å². The van der Waals surface area contributed by atoms with Gasteiger partial charge in [0.25, 0.3) is 11.8 Å². The molecule has 3 heterocycles. The average molecular weight is 1030 g/mol. The highest BCUT2D eigenvalue weighted by molar-refractivity contribution is 6.75. The molecule has 13 nitrogen and oxygen atoms in total. The van der Waals surface area contributed by atoms with Gasteiger partial charge in [0.15, 0.2) is 45.5 Å². The van der Waals surface area contributed by atoms with Crippen molar-refractivity contribution in [2.75, 3.05) is 39.3 Å². The molecule has 5 rings (SSSR count). The van der Waals surface area contributed by atoms with Gasteiger partial charge in [-0.1, -0.05) is 83.1 Å². The third-order valence-corrected chi connectivity index (χ3v) is 34.4. The summed E-state index contributed by atoms with van der Waals surface area (Å²) in [5.41, 5.74) is 1.45. The summed E-state index contributed by atoms with van der Waals surface area (Å²) in [6.07, 6.45) is -2.44. The summed E-state index contributed by atoms with van der Waals surface area (Å²) < 4.78 is 39.4. The number of amides is 2. The Hall–Kier alpha value is -3.01. The summed E-state index contributed by atoms with van der Waals surface area (Å²) in [6, 6.07) is 13.0. The van der Waals surface area contributed by atoms with Crippen molar-refractivity contribution in [3.8, 4) is 0 Å². The Bertz CT molecular complexity index is 1930. The summed E-state index contributed by atoms with van der Waals surface area (Å²) in [6.45, 7) is 46.7. The van der Waals surface area contributed by atoms with E-state index in [1.807, 2.05) is 9.80 Å². The maximum Gasteiger partial charge on any atom is 0.338 e. The number of carbonyl (C=O) groups is 4. The van der Waals surface area contributed by atoms with Crippen LogP contribution in [-0.2, 0) is 27.2 Å². The summed E-state index contributed by atoms with van der Waals surface area (Å²) in [5.74, 6) is -1.48. The fraction of sp³-hybridized carbons (Fsp3) is 0.692. The third kappa shape index (κ3) is 13.3. The first-order chi connectivity index (χ1) is 31.3. The normalized spacial score (nSPS) is 23.4. The van der Waals surface area contributed by atoms with Crippen molar-refractivity contribution >= 4 is 57.0 Å². The lowest BCUT2D eigenvalue weighted by Gasteiger charge is -2.42. The van der Waals surface area contributed by atoms with Gasteiger partial charge < -0.3 is 42.3 Å². The number of rotatable bonds is 14. The number of ether oxygens (including phenoxy) is 2. The highest BCUT2D eigenvalue weighted by Crippen LogP contribution is 2.44. The Morgan fingerprint density at radius 1 is 0.406 bits per heavy atom. The molecule has 0 saturated carbocycles. The lowest BCUT2D eigenvalue weighted by Crippen LogP contribution is -2.51. The van der Waals surface area contributed by atoms with E-state index in [4.69, 9.17) is 27.2 Å². The molecule has 3 fully saturated rings. The summed E-state index contributed by atoms with van der Waals surface area (Å²) in [7, 11) is -8.72. The summed E-state index contributed by atoms with van der Waals surface area (Å²) >= 11 is 0. The Morgan fingerprint density at radius 2 is 0.623 bits per heavy atom. The molecule has 3 aliphatic rings. The van der Waals surface area contributed by atoms with Crippen LogP contribution in [0.3, 0.4) is 0 Å². The zero-order valence-electron chi connectivity index (χ0n) is 45.8. The topological polar surface area (TPSA) is 142 Å². The molecule has 0 unspecified atom stereocenters. The summed E-state index contributed by atoms with van der Waals surface area (Å²) in [5, 5.41) is 3.14. The highest BCUT2D eigenvalue weighted by Gasteiger charge is 2.50. The zero-order valence-corrected chi connectivity index (χ0v) is 49.8. The SMILES string of the molecule is CC(C)(C)[Si](C)(C)O[C@H]1CN(C(=O)c2ccc(C(=O)O[C@H]3CNC[C@@H]3OC(=O)c3ccc(C(=O)N4C[C@H](O[Si](C)(C)C(C)(C)C)[C@@H](O[Si](C)(C)C(C)(C)C)C4)cc3)cc2)C[C@@H]1O[Si](C)(C)C(C)(C)C. The van der Waals surface area contributed by atoms with Crippen LogP contribution in [0.25, 0.3) is 0 Å².